The van der Waals surface area contributed by atoms with Gasteiger partial charge in [0.15, 0.2) is 0 Å². The molecule has 3 aromatic rings. The zero-order chi connectivity index (χ0) is 22.8. The van der Waals surface area contributed by atoms with Crippen molar-refractivity contribution in [3.63, 3.8) is 0 Å². The molecule has 0 aromatic heterocycles. The average Bonchev–Trinajstić information content (AvgIpc) is 2.82. The van der Waals surface area contributed by atoms with Crippen LogP contribution in [0.1, 0.15) is 31.7 Å². The number of nitrogens with one attached hydrogen (secondary N) is 2. The number of nitrogens with zero attached hydrogens (tertiary/aromatic N) is 1. The highest BCUT2D eigenvalue weighted by atomic mass is 16.5. The van der Waals surface area contributed by atoms with Gasteiger partial charge in [-0.3, -0.25) is 9.59 Å². The number of methoxy groups -OCH3 is 1. The molecule has 166 valence electrons. The first-order valence-corrected chi connectivity index (χ1v) is 10.5. The maximum atomic E-state index is 12.1. The number of benzene rings is 3. The Bertz CT molecular complexity index is 1090. The van der Waals surface area contributed by atoms with Crippen molar-refractivity contribution in [3.8, 4) is 11.5 Å². The van der Waals surface area contributed by atoms with E-state index in [1.54, 1.807) is 37.6 Å². The van der Waals surface area contributed by atoms with E-state index in [1.165, 1.54) is 0 Å². The van der Waals surface area contributed by atoms with Crippen LogP contribution in [0.2, 0.25) is 0 Å². The highest BCUT2D eigenvalue weighted by Gasteiger charge is 2.09. The molecule has 0 heterocycles. The minimum absolute atomic E-state index is 0.0219. The van der Waals surface area contributed by atoms with Crippen molar-refractivity contribution >= 4 is 34.5 Å². The van der Waals surface area contributed by atoms with Crippen molar-refractivity contribution in [3.05, 3.63) is 66.2 Å². The fourth-order valence-electron chi connectivity index (χ4n) is 3.10. The van der Waals surface area contributed by atoms with Gasteiger partial charge >= 0.3 is 0 Å². The second kappa shape index (κ2) is 11.5. The van der Waals surface area contributed by atoms with Crippen LogP contribution in [0.15, 0.2) is 65.8 Å². The lowest BCUT2D eigenvalue weighted by atomic mass is 10.0. The van der Waals surface area contributed by atoms with Gasteiger partial charge < -0.3 is 14.8 Å². The Hall–Kier alpha value is -3.87. The summed E-state index contributed by atoms with van der Waals surface area (Å²) < 4.78 is 10.9. The molecule has 0 atom stereocenters. The maximum Gasteiger partial charge on any atom is 0.240 e. The van der Waals surface area contributed by atoms with Crippen molar-refractivity contribution in [2.75, 3.05) is 19.0 Å². The van der Waals surface area contributed by atoms with Gasteiger partial charge in [0.25, 0.3) is 0 Å². The predicted octanol–water partition coefficient (Wildman–Crippen LogP) is 4.51. The second-order valence-electron chi connectivity index (χ2n) is 7.12. The molecule has 0 bridgehead atoms. The third-order valence-corrected chi connectivity index (χ3v) is 4.73. The van der Waals surface area contributed by atoms with Gasteiger partial charge in [-0.2, -0.15) is 5.10 Å². The van der Waals surface area contributed by atoms with Crippen LogP contribution < -0.4 is 20.2 Å². The van der Waals surface area contributed by atoms with Crippen LogP contribution in [0, 0.1) is 0 Å². The van der Waals surface area contributed by atoms with Crippen LogP contribution in [-0.2, 0) is 9.59 Å². The summed E-state index contributed by atoms with van der Waals surface area (Å²) in [5.41, 5.74) is 3.94. The van der Waals surface area contributed by atoms with E-state index in [2.05, 4.69) is 15.8 Å². The SMILES string of the molecule is CCCOc1ccc2ccccc2c1C=NNC(=O)CCC(=O)Nc1ccc(OC)cc1. The highest BCUT2D eigenvalue weighted by molar-refractivity contribution is 6.02. The van der Waals surface area contributed by atoms with Crippen LogP contribution in [0.4, 0.5) is 5.69 Å². The van der Waals surface area contributed by atoms with Crippen LogP contribution >= 0.6 is 0 Å². The second-order valence-corrected chi connectivity index (χ2v) is 7.12. The van der Waals surface area contributed by atoms with Crippen LogP contribution in [0.3, 0.4) is 0 Å². The first-order chi connectivity index (χ1) is 15.6. The average molecular weight is 434 g/mol. The normalized spacial score (nSPS) is 10.8. The summed E-state index contributed by atoms with van der Waals surface area (Å²) in [4.78, 5) is 24.2. The smallest absolute Gasteiger partial charge is 0.240 e. The van der Waals surface area contributed by atoms with E-state index >= 15 is 0 Å². The van der Waals surface area contributed by atoms with Gasteiger partial charge in [0.1, 0.15) is 11.5 Å². The fourth-order valence-corrected chi connectivity index (χ4v) is 3.10. The summed E-state index contributed by atoms with van der Waals surface area (Å²) in [5.74, 6) is 0.818. The van der Waals surface area contributed by atoms with E-state index in [0.717, 1.165) is 22.8 Å². The third kappa shape index (κ3) is 6.31. The number of fused-ring (bicyclic) bond motifs is 1. The lowest BCUT2D eigenvalue weighted by Gasteiger charge is -2.11. The zero-order valence-corrected chi connectivity index (χ0v) is 18.3. The molecule has 0 aliphatic heterocycles. The molecular weight excluding hydrogens is 406 g/mol. The van der Waals surface area contributed by atoms with Crippen LogP contribution in [0.25, 0.3) is 10.8 Å². The quantitative estimate of drug-likeness (QED) is 0.364. The molecule has 7 nitrogen and oxygen atoms in total. The molecule has 0 unspecified atom stereocenters. The van der Waals surface area contributed by atoms with Gasteiger partial charge in [-0.1, -0.05) is 37.3 Å². The molecule has 0 spiro atoms. The van der Waals surface area contributed by atoms with E-state index in [9.17, 15) is 9.59 Å². The molecule has 0 saturated heterocycles. The van der Waals surface area contributed by atoms with Gasteiger partial charge in [0.05, 0.1) is 19.9 Å². The van der Waals surface area contributed by atoms with Gasteiger partial charge in [-0.25, -0.2) is 5.43 Å². The van der Waals surface area contributed by atoms with Crippen LogP contribution in [0.5, 0.6) is 11.5 Å². The third-order valence-electron chi connectivity index (χ3n) is 4.73. The summed E-state index contributed by atoms with van der Waals surface area (Å²) in [7, 11) is 1.58. The summed E-state index contributed by atoms with van der Waals surface area (Å²) in [5, 5.41) is 8.88. The molecule has 3 aromatic carbocycles. The molecule has 0 aliphatic carbocycles. The fraction of sp³-hybridized carbons (Fsp3) is 0.240. The van der Waals surface area contributed by atoms with Gasteiger partial charge in [-0.15, -0.1) is 0 Å². The minimum Gasteiger partial charge on any atom is -0.497 e. The van der Waals surface area contributed by atoms with Gasteiger partial charge in [0.2, 0.25) is 11.8 Å². The topological polar surface area (TPSA) is 89.0 Å². The molecular formula is C25H27N3O4. The van der Waals surface area contributed by atoms with Crippen molar-refractivity contribution in [2.45, 2.75) is 26.2 Å². The summed E-state index contributed by atoms with van der Waals surface area (Å²) in [6, 6.07) is 18.8. The monoisotopic (exact) mass is 433 g/mol. The number of hydrazone groups is 1. The Morgan fingerprint density at radius 2 is 1.72 bits per heavy atom. The number of anilines is 1. The van der Waals surface area contributed by atoms with Crippen molar-refractivity contribution in [2.24, 2.45) is 5.10 Å². The number of ether oxygens (including phenoxy) is 2. The molecule has 3 rings (SSSR count). The van der Waals surface area contributed by atoms with Crippen molar-refractivity contribution in [1.82, 2.24) is 5.43 Å². The van der Waals surface area contributed by atoms with E-state index in [1.807, 2.05) is 43.3 Å². The lowest BCUT2D eigenvalue weighted by Crippen LogP contribution is -2.20. The highest BCUT2D eigenvalue weighted by Crippen LogP contribution is 2.26. The summed E-state index contributed by atoms with van der Waals surface area (Å²) in [6.07, 6.45) is 2.54. The minimum atomic E-state index is -0.345. The van der Waals surface area contributed by atoms with Crippen molar-refractivity contribution < 1.29 is 19.1 Å². The number of carbonyl (C=O) groups is 2. The standard InChI is InChI=1S/C25H27N3O4/c1-3-16-32-23-13-8-18-6-4-5-7-21(18)22(23)17-26-28-25(30)15-14-24(29)27-19-9-11-20(31-2)12-10-19/h4-13,17H,3,14-16H2,1-2H3,(H,27,29)(H,28,30). The summed E-state index contributed by atoms with van der Waals surface area (Å²) in [6.45, 7) is 2.63. The predicted molar refractivity (Wildman–Crippen MR) is 126 cm³/mol. The van der Waals surface area contributed by atoms with Crippen molar-refractivity contribution in [1.29, 1.82) is 0 Å². The Morgan fingerprint density at radius 3 is 2.47 bits per heavy atom. The summed E-state index contributed by atoms with van der Waals surface area (Å²) >= 11 is 0. The Kier molecular flexibility index (Phi) is 8.20. The molecule has 2 N–H and O–H groups in total. The number of carbonyl (C=O) groups excluding carboxylic acids is 2. The Labute approximate surface area is 187 Å². The molecule has 32 heavy (non-hydrogen) atoms. The number of rotatable bonds is 10. The molecule has 0 saturated carbocycles. The van der Waals surface area contributed by atoms with Crippen LogP contribution in [-0.4, -0.2) is 31.7 Å². The number of hydrogen-bond acceptors (Lipinski definition) is 5. The van der Waals surface area contributed by atoms with E-state index < -0.39 is 0 Å². The zero-order valence-electron chi connectivity index (χ0n) is 18.3. The Morgan fingerprint density at radius 1 is 0.969 bits per heavy atom. The van der Waals surface area contributed by atoms with Gasteiger partial charge in [0, 0.05) is 24.1 Å². The molecule has 0 fully saturated rings. The molecule has 0 aliphatic rings. The Balaban J connectivity index is 1.56. The largest absolute Gasteiger partial charge is 0.497 e. The number of amides is 2. The van der Waals surface area contributed by atoms with E-state index in [4.69, 9.17) is 9.47 Å². The van der Waals surface area contributed by atoms with E-state index in [0.29, 0.717) is 23.8 Å². The first kappa shape index (κ1) is 22.8. The molecule has 2 amide bonds. The number of hydrogen-bond donors (Lipinski definition) is 2. The maximum absolute atomic E-state index is 12.1. The molecule has 0 radical (unpaired) electrons. The van der Waals surface area contributed by atoms with E-state index in [-0.39, 0.29) is 24.7 Å². The van der Waals surface area contributed by atoms with Gasteiger partial charge in [-0.05, 0) is 47.5 Å². The lowest BCUT2D eigenvalue weighted by molar-refractivity contribution is -0.124. The molecule has 7 heteroatoms. The first-order valence-electron chi connectivity index (χ1n) is 10.5.